The second kappa shape index (κ2) is 6.46. The summed E-state index contributed by atoms with van der Waals surface area (Å²) >= 11 is 1.69. The van der Waals surface area contributed by atoms with Crippen molar-refractivity contribution in [3.8, 4) is 0 Å². The number of hydrogen-bond donors (Lipinski definition) is 1. The monoisotopic (exact) mass is 307 g/mol. The van der Waals surface area contributed by atoms with Gasteiger partial charge < -0.3 is 9.80 Å². The molecule has 3 rings (SSSR count). The zero-order valence-electron chi connectivity index (χ0n) is 12.9. The quantitative estimate of drug-likeness (QED) is 0.906. The van der Waals surface area contributed by atoms with Crippen LogP contribution in [0.4, 0.5) is 0 Å². The smallest absolute Gasteiger partial charge is 0.241 e. The molecule has 2 aliphatic rings. The van der Waals surface area contributed by atoms with Gasteiger partial charge in [-0.15, -0.1) is 0 Å². The Bertz CT molecular complexity index is 468. The van der Waals surface area contributed by atoms with Gasteiger partial charge >= 0.3 is 0 Å². The maximum Gasteiger partial charge on any atom is 0.241 e. The van der Waals surface area contributed by atoms with Crippen LogP contribution >= 0.6 is 11.3 Å². The van der Waals surface area contributed by atoms with Crippen molar-refractivity contribution < 1.29 is 4.79 Å². The van der Waals surface area contributed by atoms with Gasteiger partial charge in [-0.2, -0.15) is 11.3 Å². The molecule has 3 heterocycles. The molecule has 0 spiro atoms. The van der Waals surface area contributed by atoms with Gasteiger partial charge in [0.25, 0.3) is 0 Å². The minimum absolute atomic E-state index is 0.0477. The first kappa shape index (κ1) is 15.0. The third-order valence-electron chi connectivity index (χ3n) is 4.58. The average molecular weight is 307 g/mol. The molecule has 2 atom stereocenters. The van der Waals surface area contributed by atoms with Crippen LogP contribution in [0.15, 0.2) is 16.8 Å². The molecule has 21 heavy (non-hydrogen) atoms. The van der Waals surface area contributed by atoms with E-state index in [1.807, 2.05) is 4.90 Å². The van der Waals surface area contributed by atoms with Crippen LogP contribution in [-0.2, 0) is 4.79 Å². The van der Waals surface area contributed by atoms with Gasteiger partial charge in [-0.3, -0.25) is 10.1 Å². The fourth-order valence-corrected chi connectivity index (χ4v) is 4.00. The molecule has 4 nitrogen and oxygen atoms in total. The van der Waals surface area contributed by atoms with Crippen molar-refractivity contribution in [2.24, 2.45) is 5.92 Å². The summed E-state index contributed by atoms with van der Waals surface area (Å²) in [6, 6.07) is 2.08. The number of thiophene rings is 1. The molecule has 1 aromatic rings. The summed E-state index contributed by atoms with van der Waals surface area (Å²) in [6.45, 7) is 8.43. The number of nitrogens with one attached hydrogen (secondary N) is 1. The summed E-state index contributed by atoms with van der Waals surface area (Å²) < 4.78 is 0. The topological polar surface area (TPSA) is 35.6 Å². The maximum atomic E-state index is 12.7. The van der Waals surface area contributed by atoms with E-state index in [9.17, 15) is 4.79 Å². The lowest BCUT2D eigenvalue weighted by molar-refractivity contribution is -0.131. The van der Waals surface area contributed by atoms with E-state index in [2.05, 4.69) is 40.9 Å². The van der Waals surface area contributed by atoms with Gasteiger partial charge in [-0.05, 0) is 54.2 Å². The summed E-state index contributed by atoms with van der Waals surface area (Å²) in [5.41, 5.74) is 1.22. The van der Waals surface area contributed by atoms with Crippen LogP contribution in [0.2, 0.25) is 0 Å². The Kier molecular flexibility index (Phi) is 4.62. The highest BCUT2D eigenvalue weighted by molar-refractivity contribution is 7.07. The van der Waals surface area contributed by atoms with E-state index in [4.69, 9.17) is 0 Å². The maximum absolute atomic E-state index is 12.7. The first-order chi connectivity index (χ1) is 10.2. The molecule has 1 aromatic heterocycles. The summed E-state index contributed by atoms with van der Waals surface area (Å²) in [4.78, 5) is 17.2. The molecule has 0 bridgehead atoms. The third kappa shape index (κ3) is 3.15. The number of likely N-dealkylation sites (tertiary alicyclic amines) is 1. The van der Waals surface area contributed by atoms with Crippen molar-refractivity contribution in [2.75, 3.05) is 26.2 Å². The molecule has 1 amide bonds. The number of amides is 1. The molecular weight excluding hydrogens is 282 g/mol. The molecule has 2 saturated heterocycles. The second-order valence-corrected chi connectivity index (χ2v) is 7.21. The van der Waals surface area contributed by atoms with Gasteiger partial charge in [0, 0.05) is 13.1 Å². The Morgan fingerprint density at radius 1 is 1.33 bits per heavy atom. The number of rotatable bonds is 5. The molecule has 5 heteroatoms. The zero-order chi connectivity index (χ0) is 14.8. The van der Waals surface area contributed by atoms with Crippen molar-refractivity contribution in [2.45, 2.75) is 38.9 Å². The molecule has 0 radical (unpaired) electrons. The van der Waals surface area contributed by atoms with Gasteiger partial charge in [0.15, 0.2) is 0 Å². The molecule has 2 aliphatic heterocycles. The Balaban J connectivity index is 1.71. The zero-order valence-corrected chi connectivity index (χ0v) is 13.7. The third-order valence-corrected chi connectivity index (χ3v) is 5.28. The molecule has 2 unspecified atom stereocenters. The summed E-state index contributed by atoms with van der Waals surface area (Å²) in [5.74, 6) is 0.593. The van der Waals surface area contributed by atoms with Crippen LogP contribution in [0.1, 0.15) is 38.4 Å². The number of carbonyl (C=O) groups excluding carboxylic acids is 1. The van der Waals surface area contributed by atoms with Crippen molar-refractivity contribution in [3.05, 3.63) is 22.4 Å². The van der Waals surface area contributed by atoms with E-state index in [1.54, 1.807) is 11.3 Å². The molecule has 2 fully saturated rings. The lowest BCUT2D eigenvalue weighted by Crippen LogP contribution is -2.38. The molecular formula is C16H25N3OS. The van der Waals surface area contributed by atoms with E-state index >= 15 is 0 Å². The fourth-order valence-electron chi connectivity index (χ4n) is 3.32. The van der Waals surface area contributed by atoms with Crippen molar-refractivity contribution >= 4 is 17.2 Å². The van der Waals surface area contributed by atoms with E-state index in [-0.39, 0.29) is 18.1 Å². The summed E-state index contributed by atoms with van der Waals surface area (Å²) in [7, 11) is 0. The number of carbonyl (C=O) groups is 1. The molecule has 0 aliphatic carbocycles. The highest BCUT2D eigenvalue weighted by Gasteiger charge is 2.40. The molecule has 116 valence electrons. The standard InChI is InChI=1S/C16H25N3OS/c1-12(2)14-16(20)19(9-8-18-6-3-4-7-18)15(17-14)13-5-10-21-11-13/h5,10-12,14-15,17H,3-4,6-9H2,1-2H3. The second-order valence-electron chi connectivity index (χ2n) is 6.43. The number of hydrogen-bond acceptors (Lipinski definition) is 4. The first-order valence-corrected chi connectivity index (χ1v) is 8.92. The lowest BCUT2D eigenvalue weighted by Gasteiger charge is -2.26. The minimum Gasteiger partial charge on any atom is -0.320 e. The lowest BCUT2D eigenvalue weighted by atomic mass is 10.1. The van der Waals surface area contributed by atoms with Crippen LogP contribution in [-0.4, -0.2) is 47.9 Å². The highest BCUT2D eigenvalue weighted by Crippen LogP contribution is 2.29. The predicted octanol–water partition coefficient (Wildman–Crippen LogP) is 2.30. The summed E-state index contributed by atoms with van der Waals surface area (Å²) in [6.07, 6.45) is 2.66. The van der Waals surface area contributed by atoms with E-state index in [0.29, 0.717) is 5.92 Å². The van der Waals surface area contributed by atoms with Crippen LogP contribution in [0, 0.1) is 5.92 Å². The molecule has 0 saturated carbocycles. The van der Waals surface area contributed by atoms with E-state index < -0.39 is 0 Å². The predicted molar refractivity (Wildman–Crippen MR) is 86.2 cm³/mol. The van der Waals surface area contributed by atoms with Crippen LogP contribution in [0.25, 0.3) is 0 Å². The number of nitrogens with zero attached hydrogens (tertiary/aromatic N) is 2. The van der Waals surface area contributed by atoms with Gasteiger partial charge in [0.05, 0.1) is 6.04 Å². The van der Waals surface area contributed by atoms with Gasteiger partial charge in [-0.1, -0.05) is 13.8 Å². The van der Waals surface area contributed by atoms with Crippen molar-refractivity contribution in [1.82, 2.24) is 15.1 Å². The summed E-state index contributed by atoms with van der Waals surface area (Å²) in [5, 5.41) is 7.77. The van der Waals surface area contributed by atoms with Gasteiger partial charge in [-0.25, -0.2) is 0 Å². The molecule has 1 N–H and O–H groups in total. The average Bonchev–Trinajstić information content (AvgIpc) is 3.17. The fraction of sp³-hybridized carbons (Fsp3) is 0.688. The molecule has 0 aromatic carbocycles. The Morgan fingerprint density at radius 2 is 2.10 bits per heavy atom. The Hall–Kier alpha value is -0.910. The van der Waals surface area contributed by atoms with E-state index in [1.165, 1.54) is 31.5 Å². The van der Waals surface area contributed by atoms with E-state index in [0.717, 1.165) is 13.1 Å². The van der Waals surface area contributed by atoms with Crippen LogP contribution in [0.5, 0.6) is 0 Å². The Morgan fingerprint density at radius 3 is 2.71 bits per heavy atom. The SMILES string of the molecule is CC(C)C1NC(c2ccsc2)N(CCN2CCCC2)C1=O. The largest absolute Gasteiger partial charge is 0.320 e. The van der Waals surface area contributed by atoms with Crippen molar-refractivity contribution in [3.63, 3.8) is 0 Å². The van der Waals surface area contributed by atoms with Crippen LogP contribution in [0.3, 0.4) is 0 Å². The van der Waals surface area contributed by atoms with Gasteiger partial charge in [0.1, 0.15) is 6.17 Å². The van der Waals surface area contributed by atoms with Crippen LogP contribution < -0.4 is 5.32 Å². The van der Waals surface area contributed by atoms with Gasteiger partial charge in [0.2, 0.25) is 5.91 Å². The van der Waals surface area contributed by atoms with Crippen molar-refractivity contribution in [1.29, 1.82) is 0 Å². The minimum atomic E-state index is -0.0477. The normalized spacial score (nSPS) is 27.2. The first-order valence-electron chi connectivity index (χ1n) is 7.98. The Labute approximate surface area is 131 Å². The highest BCUT2D eigenvalue weighted by atomic mass is 32.1.